The maximum absolute atomic E-state index is 9.75. The lowest BCUT2D eigenvalue weighted by molar-refractivity contribution is -0.0770. The van der Waals surface area contributed by atoms with Crippen LogP contribution in [-0.4, -0.2) is 21.9 Å². The minimum Gasteiger partial charge on any atom is -0.508 e. The zero-order chi connectivity index (χ0) is 14.2. The minimum atomic E-state index is -0.468. The van der Waals surface area contributed by atoms with Crippen molar-refractivity contribution >= 4 is 0 Å². The van der Waals surface area contributed by atoms with Crippen LogP contribution in [-0.2, 0) is 10.3 Å². The molecule has 1 aromatic carbocycles. The molecule has 0 aliphatic carbocycles. The van der Waals surface area contributed by atoms with Gasteiger partial charge in [-0.25, -0.2) is 0 Å². The average molecular weight is 274 g/mol. The van der Waals surface area contributed by atoms with E-state index in [9.17, 15) is 5.11 Å². The lowest BCUT2D eigenvalue weighted by Gasteiger charge is -2.30. The zero-order valence-electron chi connectivity index (χ0n) is 11.7. The second-order valence-electron chi connectivity index (χ2n) is 5.41. The van der Waals surface area contributed by atoms with Crippen molar-refractivity contribution in [3.8, 4) is 17.2 Å². The van der Waals surface area contributed by atoms with Gasteiger partial charge in [-0.1, -0.05) is 11.2 Å². The van der Waals surface area contributed by atoms with Gasteiger partial charge in [0, 0.05) is 17.7 Å². The molecule has 1 aromatic heterocycles. The van der Waals surface area contributed by atoms with Crippen LogP contribution in [0.25, 0.3) is 11.5 Å². The van der Waals surface area contributed by atoms with E-state index in [0.717, 1.165) is 37.0 Å². The largest absolute Gasteiger partial charge is 0.508 e. The quantitative estimate of drug-likeness (QED) is 0.911. The molecule has 1 aliphatic heterocycles. The van der Waals surface area contributed by atoms with E-state index in [1.807, 2.05) is 19.9 Å². The number of rotatable bonds is 2. The molecule has 0 spiro atoms. The number of nitrogens with zero attached hydrogens (tertiary/aromatic N) is 2. The van der Waals surface area contributed by atoms with Crippen LogP contribution < -0.4 is 0 Å². The van der Waals surface area contributed by atoms with Gasteiger partial charge in [-0.3, -0.25) is 0 Å². The Morgan fingerprint density at radius 2 is 2.15 bits per heavy atom. The number of phenolic OH excluding ortho intramolecular Hbond substituents is 1. The van der Waals surface area contributed by atoms with E-state index in [0.29, 0.717) is 11.7 Å². The van der Waals surface area contributed by atoms with Crippen molar-refractivity contribution in [2.75, 3.05) is 6.61 Å². The van der Waals surface area contributed by atoms with Gasteiger partial charge in [0.1, 0.15) is 11.4 Å². The molecule has 0 amide bonds. The highest BCUT2D eigenvalue weighted by atomic mass is 16.5. The van der Waals surface area contributed by atoms with Gasteiger partial charge in [0.05, 0.1) is 0 Å². The molecule has 3 rings (SSSR count). The normalized spacial score (nSPS) is 22.9. The summed E-state index contributed by atoms with van der Waals surface area (Å²) in [5.41, 5.74) is 1.02. The first-order valence-corrected chi connectivity index (χ1v) is 6.87. The van der Waals surface area contributed by atoms with Crippen LogP contribution in [0.3, 0.4) is 0 Å². The molecule has 2 aromatic rings. The van der Waals surface area contributed by atoms with E-state index in [1.165, 1.54) is 0 Å². The summed E-state index contributed by atoms with van der Waals surface area (Å²) in [5, 5.41) is 13.8. The smallest absolute Gasteiger partial charge is 0.258 e. The van der Waals surface area contributed by atoms with Crippen LogP contribution in [0.2, 0.25) is 0 Å². The van der Waals surface area contributed by atoms with E-state index in [2.05, 4.69) is 10.1 Å². The highest BCUT2D eigenvalue weighted by molar-refractivity contribution is 5.61. The maximum Gasteiger partial charge on any atom is 0.258 e. The van der Waals surface area contributed by atoms with Crippen molar-refractivity contribution in [2.45, 2.75) is 38.7 Å². The molecule has 1 saturated heterocycles. The Labute approximate surface area is 117 Å². The lowest BCUT2D eigenvalue weighted by Crippen LogP contribution is -2.31. The van der Waals surface area contributed by atoms with Crippen molar-refractivity contribution in [2.24, 2.45) is 0 Å². The Morgan fingerprint density at radius 3 is 2.90 bits per heavy atom. The van der Waals surface area contributed by atoms with Gasteiger partial charge in [-0.2, -0.15) is 4.98 Å². The van der Waals surface area contributed by atoms with Crippen LogP contribution in [0, 0.1) is 6.92 Å². The molecule has 1 fully saturated rings. The van der Waals surface area contributed by atoms with E-state index in [4.69, 9.17) is 9.26 Å². The third-order valence-electron chi connectivity index (χ3n) is 3.90. The molecule has 5 nitrogen and oxygen atoms in total. The van der Waals surface area contributed by atoms with E-state index >= 15 is 0 Å². The second-order valence-corrected chi connectivity index (χ2v) is 5.41. The molecule has 1 atom stereocenters. The SMILES string of the molecule is Cc1c(O)cccc1-c1nc(C2(C)CCCCO2)no1. The molecule has 106 valence electrons. The van der Waals surface area contributed by atoms with Crippen molar-refractivity contribution in [3.63, 3.8) is 0 Å². The fourth-order valence-electron chi connectivity index (χ4n) is 2.51. The summed E-state index contributed by atoms with van der Waals surface area (Å²) in [6.45, 7) is 4.55. The average Bonchev–Trinajstić information content (AvgIpc) is 2.93. The zero-order valence-corrected chi connectivity index (χ0v) is 11.7. The van der Waals surface area contributed by atoms with E-state index in [1.54, 1.807) is 12.1 Å². The lowest BCUT2D eigenvalue weighted by atomic mass is 9.95. The monoisotopic (exact) mass is 274 g/mol. The maximum atomic E-state index is 9.75. The molecule has 0 radical (unpaired) electrons. The number of hydrogen-bond donors (Lipinski definition) is 1. The molecule has 1 N–H and O–H groups in total. The Balaban J connectivity index is 1.96. The fraction of sp³-hybridized carbons (Fsp3) is 0.467. The third kappa shape index (κ3) is 2.18. The molecule has 20 heavy (non-hydrogen) atoms. The predicted molar refractivity (Wildman–Crippen MR) is 73.3 cm³/mol. The summed E-state index contributed by atoms with van der Waals surface area (Å²) >= 11 is 0. The van der Waals surface area contributed by atoms with Gasteiger partial charge < -0.3 is 14.4 Å². The molecule has 5 heteroatoms. The summed E-state index contributed by atoms with van der Waals surface area (Å²) in [4.78, 5) is 4.46. The molecule has 1 unspecified atom stereocenters. The Morgan fingerprint density at radius 1 is 1.30 bits per heavy atom. The van der Waals surface area contributed by atoms with Crippen molar-refractivity contribution in [1.29, 1.82) is 0 Å². The first kappa shape index (κ1) is 13.1. The number of aromatic nitrogens is 2. The molecule has 0 bridgehead atoms. The van der Waals surface area contributed by atoms with Gasteiger partial charge in [0.2, 0.25) is 5.82 Å². The van der Waals surface area contributed by atoms with Gasteiger partial charge in [0.25, 0.3) is 5.89 Å². The number of phenols is 1. The third-order valence-corrected chi connectivity index (χ3v) is 3.90. The minimum absolute atomic E-state index is 0.224. The van der Waals surface area contributed by atoms with Crippen LogP contribution >= 0.6 is 0 Å². The predicted octanol–water partition coefficient (Wildman–Crippen LogP) is 3.17. The Kier molecular flexibility index (Phi) is 3.22. The van der Waals surface area contributed by atoms with Crippen LogP contribution in [0.1, 0.15) is 37.6 Å². The topological polar surface area (TPSA) is 68.4 Å². The highest BCUT2D eigenvalue weighted by Crippen LogP contribution is 2.35. The Hall–Kier alpha value is -1.88. The van der Waals surface area contributed by atoms with Gasteiger partial charge >= 0.3 is 0 Å². The van der Waals surface area contributed by atoms with E-state index < -0.39 is 5.60 Å². The number of hydrogen-bond acceptors (Lipinski definition) is 5. The van der Waals surface area contributed by atoms with Crippen LogP contribution in [0.5, 0.6) is 5.75 Å². The second kappa shape index (κ2) is 4.90. The summed E-state index contributed by atoms with van der Waals surface area (Å²) in [7, 11) is 0. The first-order chi connectivity index (χ1) is 9.60. The summed E-state index contributed by atoms with van der Waals surface area (Å²) < 4.78 is 11.2. The molecular formula is C15H18N2O3. The van der Waals surface area contributed by atoms with E-state index in [-0.39, 0.29) is 5.75 Å². The highest BCUT2D eigenvalue weighted by Gasteiger charge is 2.35. The summed E-state index contributed by atoms with van der Waals surface area (Å²) in [6, 6.07) is 5.26. The summed E-state index contributed by atoms with van der Waals surface area (Å²) in [5.74, 6) is 1.22. The Bertz CT molecular complexity index is 615. The van der Waals surface area contributed by atoms with Gasteiger partial charge in [-0.15, -0.1) is 0 Å². The first-order valence-electron chi connectivity index (χ1n) is 6.87. The summed E-state index contributed by atoms with van der Waals surface area (Å²) in [6.07, 6.45) is 3.07. The number of benzene rings is 1. The molecule has 2 heterocycles. The molecule has 0 saturated carbocycles. The van der Waals surface area contributed by atoms with Crippen LogP contribution in [0.15, 0.2) is 22.7 Å². The number of ether oxygens (including phenoxy) is 1. The van der Waals surface area contributed by atoms with Crippen LogP contribution in [0.4, 0.5) is 0 Å². The van der Waals surface area contributed by atoms with Crippen molar-refractivity contribution < 1.29 is 14.4 Å². The standard InChI is InChI=1S/C15H18N2O3/c1-10-11(6-5-7-12(10)18)13-16-14(17-20-13)15(2)8-3-4-9-19-15/h5-7,18H,3-4,8-9H2,1-2H3. The fourth-order valence-corrected chi connectivity index (χ4v) is 2.51. The van der Waals surface area contributed by atoms with Gasteiger partial charge in [0.15, 0.2) is 0 Å². The number of aromatic hydroxyl groups is 1. The van der Waals surface area contributed by atoms with Crippen molar-refractivity contribution in [1.82, 2.24) is 10.1 Å². The molecular weight excluding hydrogens is 256 g/mol. The van der Waals surface area contributed by atoms with Crippen molar-refractivity contribution in [3.05, 3.63) is 29.6 Å². The molecule has 1 aliphatic rings. The van der Waals surface area contributed by atoms with Gasteiger partial charge in [-0.05, 0) is 45.2 Å².